The highest BCUT2D eigenvalue weighted by atomic mass is 19.4. The zero-order chi connectivity index (χ0) is 14.3. The molecule has 20 heavy (non-hydrogen) atoms. The Morgan fingerprint density at radius 2 is 2.00 bits per heavy atom. The molecule has 0 bridgehead atoms. The molecule has 0 amide bonds. The van der Waals surface area contributed by atoms with Crippen LogP contribution in [0.5, 0.6) is 0 Å². The smallest absolute Gasteiger partial charge is 0.324 e. The Kier molecular flexibility index (Phi) is 3.09. The fourth-order valence-electron chi connectivity index (χ4n) is 2.80. The van der Waals surface area contributed by atoms with E-state index in [4.69, 9.17) is 5.73 Å². The Balaban J connectivity index is 2.06. The number of hydrogen-bond acceptors (Lipinski definition) is 1. The monoisotopic (exact) mass is 280 g/mol. The second-order valence-corrected chi connectivity index (χ2v) is 5.13. The van der Waals surface area contributed by atoms with Crippen molar-refractivity contribution in [2.45, 2.75) is 31.5 Å². The minimum absolute atomic E-state index is 0.00852. The van der Waals surface area contributed by atoms with Crippen molar-refractivity contribution in [3.8, 4) is 5.69 Å². The Bertz CT molecular complexity index is 628. The van der Waals surface area contributed by atoms with Gasteiger partial charge in [0.2, 0.25) is 0 Å². The van der Waals surface area contributed by atoms with Gasteiger partial charge in [-0.25, -0.2) is 0 Å². The van der Waals surface area contributed by atoms with Crippen molar-refractivity contribution >= 4 is 0 Å². The van der Waals surface area contributed by atoms with Gasteiger partial charge in [0.25, 0.3) is 0 Å². The van der Waals surface area contributed by atoms with Crippen LogP contribution in [0.4, 0.5) is 13.2 Å². The van der Waals surface area contributed by atoms with E-state index in [1.807, 2.05) is 16.8 Å². The molecule has 0 spiro atoms. The van der Waals surface area contributed by atoms with Crippen molar-refractivity contribution in [1.29, 1.82) is 0 Å². The second-order valence-electron chi connectivity index (χ2n) is 5.13. The van der Waals surface area contributed by atoms with E-state index in [9.17, 15) is 13.2 Å². The van der Waals surface area contributed by atoms with Crippen LogP contribution in [-0.4, -0.2) is 4.57 Å². The Labute approximate surface area is 115 Å². The summed E-state index contributed by atoms with van der Waals surface area (Å²) in [6.07, 6.45) is 0.244. The largest absolute Gasteiger partial charge is 0.416 e. The second kappa shape index (κ2) is 4.66. The number of alkyl halides is 3. The first-order chi connectivity index (χ1) is 9.47. The van der Waals surface area contributed by atoms with E-state index in [0.717, 1.165) is 36.6 Å². The molecule has 1 aliphatic carbocycles. The molecule has 0 radical (unpaired) electrons. The minimum atomic E-state index is -4.32. The van der Waals surface area contributed by atoms with E-state index in [2.05, 4.69) is 0 Å². The third kappa shape index (κ3) is 2.22. The molecular weight excluding hydrogens is 265 g/mol. The lowest BCUT2D eigenvalue weighted by atomic mass is 9.93. The quantitative estimate of drug-likeness (QED) is 0.845. The summed E-state index contributed by atoms with van der Waals surface area (Å²) in [7, 11) is 0. The van der Waals surface area contributed by atoms with Gasteiger partial charge in [0.15, 0.2) is 0 Å². The standard InChI is InChI=1S/C15H15F3N2/c16-15(17,18)10-3-1-4-11(9-10)20-8-7-12-13(19)5-2-6-14(12)20/h1,3-4,7-9,13H,2,5-6,19H2. The number of nitrogens with zero attached hydrogens (tertiary/aromatic N) is 1. The molecule has 0 saturated heterocycles. The summed E-state index contributed by atoms with van der Waals surface area (Å²) in [5.41, 5.74) is 8.03. The van der Waals surface area contributed by atoms with Gasteiger partial charge < -0.3 is 10.3 Å². The highest BCUT2D eigenvalue weighted by molar-refractivity contribution is 5.42. The van der Waals surface area contributed by atoms with Gasteiger partial charge in [-0.3, -0.25) is 0 Å². The third-order valence-electron chi connectivity index (χ3n) is 3.81. The third-order valence-corrected chi connectivity index (χ3v) is 3.81. The maximum Gasteiger partial charge on any atom is 0.416 e. The van der Waals surface area contributed by atoms with Crippen LogP contribution in [0.25, 0.3) is 5.69 Å². The normalized spacial score (nSPS) is 18.9. The fraction of sp³-hybridized carbons (Fsp3) is 0.333. The first-order valence-corrected chi connectivity index (χ1v) is 6.60. The zero-order valence-electron chi connectivity index (χ0n) is 10.8. The van der Waals surface area contributed by atoms with Crippen LogP contribution >= 0.6 is 0 Å². The predicted molar refractivity (Wildman–Crippen MR) is 70.6 cm³/mol. The molecule has 106 valence electrons. The lowest BCUT2D eigenvalue weighted by molar-refractivity contribution is -0.137. The zero-order valence-corrected chi connectivity index (χ0v) is 10.8. The van der Waals surface area contributed by atoms with Crippen molar-refractivity contribution in [2.75, 3.05) is 0 Å². The van der Waals surface area contributed by atoms with Crippen LogP contribution < -0.4 is 5.73 Å². The summed E-state index contributed by atoms with van der Waals surface area (Å²) in [4.78, 5) is 0. The molecule has 1 aromatic heterocycles. The highest BCUT2D eigenvalue weighted by Crippen LogP contribution is 2.33. The summed E-state index contributed by atoms with van der Waals surface area (Å²) in [5, 5.41) is 0. The van der Waals surface area contributed by atoms with Crippen molar-refractivity contribution < 1.29 is 13.2 Å². The number of halogens is 3. The molecule has 0 saturated carbocycles. The maximum atomic E-state index is 12.8. The lowest BCUT2D eigenvalue weighted by Gasteiger charge is -2.21. The molecule has 3 rings (SSSR count). The number of rotatable bonds is 1. The van der Waals surface area contributed by atoms with E-state index < -0.39 is 11.7 Å². The molecule has 0 aliphatic heterocycles. The van der Waals surface area contributed by atoms with E-state index in [-0.39, 0.29) is 6.04 Å². The molecule has 2 aromatic rings. The predicted octanol–water partition coefficient (Wildman–Crippen LogP) is 3.83. The number of hydrogen-bond donors (Lipinski definition) is 1. The van der Waals surface area contributed by atoms with Crippen LogP contribution in [0.2, 0.25) is 0 Å². The number of nitrogens with two attached hydrogens (primary N) is 1. The van der Waals surface area contributed by atoms with Gasteiger partial charge in [0.1, 0.15) is 0 Å². The maximum absolute atomic E-state index is 12.8. The van der Waals surface area contributed by atoms with Gasteiger partial charge in [0.05, 0.1) is 5.56 Å². The Hall–Kier alpha value is -1.75. The van der Waals surface area contributed by atoms with E-state index in [0.29, 0.717) is 5.69 Å². The highest BCUT2D eigenvalue weighted by Gasteiger charge is 2.30. The van der Waals surface area contributed by atoms with Crippen molar-refractivity contribution in [3.63, 3.8) is 0 Å². The minimum Gasteiger partial charge on any atom is -0.324 e. The van der Waals surface area contributed by atoms with E-state index in [1.165, 1.54) is 12.1 Å². The van der Waals surface area contributed by atoms with Gasteiger partial charge in [-0.05, 0) is 49.1 Å². The van der Waals surface area contributed by atoms with Crippen molar-refractivity contribution in [2.24, 2.45) is 5.73 Å². The summed E-state index contributed by atoms with van der Waals surface area (Å²) < 4.78 is 40.2. The molecule has 0 fully saturated rings. The van der Waals surface area contributed by atoms with Gasteiger partial charge in [-0.2, -0.15) is 13.2 Å². The number of fused-ring (bicyclic) bond motifs is 1. The fourth-order valence-corrected chi connectivity index (χ4v) is 2.80. The van der Waals surface area contributed by atoms with Gasteiger partial charge in [-0.15, -0.1) is 0 Å². The molecule has 5 heteroatoms. The topological polar surface area (TPSA) is 30.9 Å². The first kappa shape index (κ1) is 13.2. The molecule has 1 atom stereocenters. The first-order valence-electron chi connectivity index (χ1n) is 6.60. The molecular formula is C15H15F3N2. The molecule has 1 aromatic carbocycles. The van der Waals surface area contributed by atoms with Crippen LogP contribution in [0.3, 0.4) is 0 Å². The molecule has 1 aliphatic rings. The molecule has 1 heterocycles. The van der Waals surface area contributed by atoms with Gasteiger partial charge >= 0.3 is 6.18 Å². The van der Waals surface area contributed by atoms with Crippen LogP contribution in [0, 0.1) is 0 Å². The average Bonchev–Trinajstić information content (AvgIpc) is 2.83. The van der Waals surface area contributed by atoms with E-state index >= 15 is 0 Å². The van der Waals surface area contributed by atoms with Gasteiger partial charge in [0, 0.05) is 23.6 Å². The van der Waals surface area contributed by atoms with Crippen LogP contribution in [-0.2, 0) is 12.6 Å². The molecule has 2 nitrogen and oxygen atoms in total. The van der Waals surface area contributed by atoms with Gasteiger partial charge in [-0.1, -0.05) is 6.07 Å². The Morgan fingerprint density at radius 3 is 2.75 bits per heavy atom. The Morgan fingerprint density at radius 1 is 1.20 bits per heavy atom. The van der Waals surface area contributed by atoms with Crippen LogP contribution in [0.1, 0.15) is 35.7 Å². The molecule has 2 N–H and O–H groups in total. The van der Waals surface area contributed by atoms with Crippen molar-refractivity contribution in [1.82, 2.24) is 4.57 Å². The summed E-state index contributed by atoms with van der Waals surface area (Å²) in [5.74, 6) is 0. The number of aromatic nitrogens is 1. The summed E-state index contributed by atoms with van der Waals surface area (Å²) in [6, 6.07) is 7.30. The summed E-state index contributed by atoms with van der Waals surface area (Å²) >= 11 is 0. The van der Waals surface area contributed by atoms with Crippen molar-refractivity contribution in [3.05, 3.63) is 53.3 Å². The van der Waals surface area contributed by atoms with Crippen LogP contribution in [0.15, 0.2) is 36.5 Å². The summed E-state index contributed by atoms with van der Waals surface area (Å²) in [6.45, 7) is 0. The number of benzene rings is 1. The molecule has 1 unspecified atom stereocenters. The lowest BCUT2D eigenvalue weighted by Crippen LogP contribution is -2.18. The average molecular weight is 280 g/mol. The van der Waals surface area contributed by atoms with E-state index in [1.54, 1.807) is 6.07 Å². The SMILES string of the molecule is NC1CCCc2c1ccn2-c1cccc(C(F)(F)F)c1.